The van der Waals surface area contributed by atoms with Crippen molar-refractivity contribution in [1.29, 1.82) is 0 Å². The molecule has 0 aliphatic carbocycles. The number of hydrogen-bond acceptors (Lipinski definition) is 6. The van der Waals surface area contributed by atoms with Crippen molar-refractivity contribution in [3.05, 3.63) is 83.1 Å². The fraction of sp³-hybridized carbons (Fsp3) is 0. The number of nitrogens with zero attached hydrogens (tertiary/aromatic N) is 4. The van der Waals surface area contributed by atoms with Crippen molar-refractivity contribution in [3.8, 4) is 0 Å². The highest BCUT2D eigenvalue weighted by Crippen LogP contribution is 2.35. The molecule has 6 nitrogen and oxygen atoms in total. The lowest BCUT2D eigenvalue weighted by Gasteiger charge is -2.09. The Bertz CT molecular complexity index is 805. The van der Waals surface area contributed by atoms with Crippen LogP contribution in [-0.2, 0) is 0 Å². The number of hydrogen-bond donors (Lipinski definition) is 0. The third-order valence-corrected chi connectivity index (χ3v) is 3.49. The summed E-state index contributed by atoms with van der Waals surface area (Å²) in [4.78, 5) is 15.9. The summed E-state index contributed by atoms with van der Waals surface area (Å²) >= 11 is 0. The number of rotatable bonds is 2. The minimum Gasteiger partial charge on any atom is -0.858 e. The van der Waals surface area contributed by atoms with Gasteiger partial charge < -0.3 is 10.2 Å². The molecule has 6 heteroatoms. The van der Waals surface area contributed by atoms with E-state index in [-0.39, 0.29) is 11.1 Å². The van der Waals surface area contributed by atoms with Crippen LogP contribution in [0.15, 0.2) is 82.0 Å². The third-order valence-electron chi connectivity index (χ3n) is 3.49. The van der Waals surface area contributed by atoms with Gasteiger partial charge in [-0.25, -0.2) is 0 Å². The Morgan fingerprint density at radius 2 is 0.955 bits per heavy atom. The van der Waals surface area contributed by atoms with Gasteiger partial charge in [0.25, 0.3) is 0 Å². The summed E-state index contributed by atoms with van der Waals surface area (Å²) in [5.74, 6) is -0.883. The van der Waals surface area contributed by atoms with Crippen molar-refractivity contribution in [2.75, 3.05) is 0 Å². The highest BCUT2D eigenvalue weighted by atomic mass is 16.3. The van der Waals surface area contributed by atoms with E-state index in [0.717, 1.165) is 0 Å². The summed E-state index contributed by atoms with van der Waals surface area (Å²) in [6.07, 6.45) is 6.35. The van der Waals surface area contributed by atoms with Gasteiger partial charge in [-0.15, -0.1) is 0 Å². The van der Waals surface area contributed by atoms with Crippen LogP contribution in [0.3, 0.4) is 0 Å². The monoisotopic (exact) mass is 288 g/mol. The number of pyridine rings is 2. The Kier molecular flexibility index (Phi) is 2.62. The number of aromatic nitrogens is 2. The number of allylic oxidation sites excluding steroid dienone is 2. The molecule has 0 unspecified atom stereocenters. The molecule has 2 aromatic rings. The standard InChI is InChI=1S/C16H10N4O2/c21-15-11-12(14(20-15)10-3-7-18-8-4-10)16(22)19-13(11)9-1-5-17-6-2-9/h1-8H,(H,19,22)(H,20,21)/p-2. The van der Waals surface area contributed by atoms with Crippen molar-refractivity contribution >= 4 is 11.4 Å². The van der Waals surface area contributed by atoms with Crippen molar-refractivity contribution in [1.82, 2.24) is 9.97 Å². The van der Waals surface area contributed by atoms with Gasteiger partial charge in [-0.1, -0.05) is 0 Å². The summed E-state index contributed by atoms with van der Waals surface area (Å²) in [6, 6.07) is 6.83. The van der Waals surface area contributed by atoms with E-state index in [1.165, 1.54) is 0 Å². The number of fused-ring (bicyclic) bond motifs is 1. The van der Waals surface area contributed by atoms with Gasteiger partial charge in [0.2, 0.25) is 0 Å². The van der Waals surface area contributed by atoms with Gasteiger partial charge in [-0.05, 0) is 36.0 Å². The van der Waals surface area contributed by atoms with Crippen LogP contribution in [0.4, 0.5) is 0 Å². The van der Waals surface area contributed by atoms with Crippen LogP contribution < -0.4 is 10.2 Å². The summed E-state index contributed by atoms with van der Waals surface area (Å²) in [5, 5.41) is 24.5. The molecule has 2 aliphatic rings. The second kappa shape index (κ2) is 4.63. The summed E-state index contributed by atoms with van der Waals surface area (Å²) in [7, 11) is 0. The zero-order valence-electron chi connectivity index (χ0n) is 11.2. The maximum Gasteiger partial charge on any atom is 0.0784 e. The third kappa shape index (κ3) is 1.74. The molecule has 4 heterocycles. The highest BCUT2D eigenvalue weighted by Gasteiger charge is 2.30. The molecular formula is C16H8N4O2-2. The van der Waals surface area contributed by atoms with Gasteiger partial charge in [0, 0.05) is 47.1 Å². The molecule has 4 rings (SSSR count). The zero-order valence-corrected chi connectivity index (χ0v) is 11.2. The van der Waals surface area contributed by atoms with Crippen LogP contribution in [0.5, 0.6) is 0 Å². The Balaban J connectivity index is 1.82. The van der Waals surface area contributed by atoms with E-state index in [2.05, 4.69) is 20.0 Å². The van der Waals surface area contributed by atoms with Crippen LogP contribution >= 0.6 is 0 Å². The molecule has 0 saturated carbocycles. The van der Waals surface area contributed by atoms with Gasteiger partial charge in [0.15, 0.2) is 0 Å². The lowest BCUT2D eigenvalue weighted by atomic mass is 9.95. The molecular weight excluding hydrogens is 280 g/mol. The largest absolute Gasteiger partial charge is 0.858 e. The first-order valence-corrected chi connectivity index (χ1v) is 6.57. The Morgan fingerprint density at radius 3 is 1.32 bits per heavy atom. The first kappa shape index (κ1) is 12.5. The molecule has 0 saturated heterocycles. The highest BCUT2D eigenvalue weighted by molar-refractivity contribution is 6.30. The van der Waals surface area contributed by atoms with Crippen LogP contribution in [0, 0.1) is 0 Å². The zero-order chi connectivity index (χ0) is 15.1. The molecule has 0 N–H and O–H groups in total. The Morgan fingerprint density at radius 1 is 0.591 bits per heavy atom. The van der Waals surface area contributed by atoms with Crippen LogP contribution in [-0.4, -0.2) is 21.4 Å². The van der Waals surface area contributed by atoms with Gasteiger partial charge in [-0.2, -0.15) is 0 Å². The van der Waals surface area contributed by atoms with Crippen LogP contribution in [0.1, 0.15) is 11.1 Å². The maximum atomic E-state index is 12.3. The van der Waals surface area contributed by atoms with E-state index in [4.69, 9.17) is 0 Å². The lowest BCUT2D eigenvalue weighted by molar-refractivity contribution is -0.306. The fourth-order valence-electron chi connectivity index (χ4n) is 2.52. The van der Waals surface area contributed by atoms with Gasteiger partial charge >= 0.3 is 0 Å². The Labute approximate surface area is 125 Å². The molecule has 0 aromatic carbocycles. The first-order valence-electron chi connectivity index (χ1n) is 6.57. The smallest absolute Gasteiger partial charge is 0.0784 e. The molecule has 106 valence electrons. The average Bonchev–Trinajstić information content (AvgIpc) is 3.09. The number of aliphatic imine (C=N–C) groups is 2. The molecule has 0 atom stereocenters. The van der Waals surface area contributed by atoms with E-state index in [9.17, 15) is 10.2 Å². The Hall–Kier alpha value is -3.28. The van der Waals surface area contributed by atoms with E-state index in [1.54, 1.807) is 49.1 Å². The molecule has 0 spiro atoms. The van der Waals surface area contributed by atoms with Crippen LogP contribution in [0.2, 0.25) is 0 Å². The minimum absolute atomic E-state index is 0.267. The molecule has 2 aromatic heterocycles. The van der Waals surface area contributed by atoms with Gasteiger partial charge in [-0.3, -0.25) is 20.0 Å². The van der Waals surface area contributed by atoms with Gasteiger partial charge in [0.05, 0.1) is 11.4 Å². The SMILES string of the molecule is [O-]C1=C2C(c3ccncc3)=NC([O-])=C2C(c2ccncc2)=N1. The topological polar surface area (TPSA) is 96.6 Å². The van der Waals surface area contributed by atoms with Crippen molar-refractivity contribution in [2.45, 2.75) is 0 Å². The quantitative estimate of drug-likeness (QED) is 0.772. The first-order chi connectivity index (χ1) is 10.8. The summed E-state index contributed by atoms with van der Waals surface area (Å²) < 4.78 is 0. The van der Waals surface area contributed by atoms with Gasteiger partial charge in [0.1, 0.15) is 0 Å². The predicted octanol–water partition coefficient (Wildman–Crippen LogP) is -0.0740. The maximum absolute atomic E-state index is 12.3. The summed E-state index contributed by atoms with van der Waals surface area (Å²) in [5.41, 5.74) is 2.60. The molecule has 22 heavy (non-hydrogen) atoms. The molecule has 0 radical (unpaired) electrons. The average molecular weight is 288 g/mol. The van der Waals surface area contributed by atoms with E-state index < -0.39 is 11.8 Å². The van der Waals surface area contributed by atoms with Crippen molar-refractivity contribution in [2.24, 2.45) is 9.98 Å². The van der Waals surface area contributed by atoms with Crippen LogP contribution in [0.25, 0.3) is 0 Å². The molecule has 2 aliphatic heterocycles. The normalized spacial score (nSPS) is 16.7. The minimum atomic E-state index is -0.441. The molecule has 0 bridgehead atoms. The molecule has 0 amide bonds. The fourth-order valence-corrected chi connectivity index (χ4v) is 2.52. The second-order valence-electron chi connectivity index (χ2n) is 4.75. The lowest BCUT2D eigenvalue weighted by Crippen LogP contribution is -2.11. The summed E-state index contributed by atoms with van der Waals surface area (Å²) in [6.45, 7) is 0. The van der Waals surface area contributed by atoms with Crippen molar-refractivity contribution < 1.29 is 10.2 Å². The predicted molar refractivity (Wildman–Crippen MR) is 75.6 cm³/mol. The van der Waals surface area contributed by atoms with E-state index >= 15 is 0 Å². The van der Waals surface area contributed by atoms with E-state index in [0.29, 0.717) is 22.6 Å². The van der Waals surface area contributed by atoms with E-state index in [1.807, 2.05) is 0 Å². The second-order valence-corrected chi connectivity index (χ2v) is 4.75. The molecule has 0 fully saturated rings. The van der Waals surface area contributed by atoms with Crippen molar-refractivity contribution in [3.63, 3.8) is 0 Å².